The summed E-state index contributed by atoms with van der Waals surface area (Å²) in [5.74, 6) is 1.23. The Kier molecular flexibility index (Phi) is 4.30. The molecule has 1 aromatic heterocycles. The zero-order chi connectivity index (χ0) is 13.7. The Morgan fingerprint density at radius 2 is 2.16 bits per heavy atom. The molecule has 0 saturated heterocycles. The van der Waals surface area contributed by atoms with Crippen LogP contribution < -0.4 is 10.5 Å². The van der Waals surface area contributed by atoms with Crippen LogP contribution in [0.3, 0.4) is 0 Å². The normalized spacial score (nSPS) is 10.6. The minimum atomic E-state index is 0.562. The molecule has 0 radical (unpaired) electrons. The van der Waals surface area contributed by atoms with Crippen molar-refractivity contribution >= 4 is 5.69 Å². The first kappa shape index (κ1) is 13.3. The number of nitrogen functional groups attached to an aromatic ring is 1. The van der Waals surface area contributed by atoms with Gasteiger partial charge in [0.2, 0.25) is 0 Å². The number of nitrogens with two attached hydrogens (primary N) is 1. The smallest absolute Gasteiger partial charge is 0.185 e. The summed E-state index contributed by atoms with van der Waals surface area (Å²) in [6.45, 7) is 1.33. The number of nitrogens with zero attached hydrogens (tertiary/aromatic N) is 4. The van der Waals surface area contributed by atoms with Crippen molar-refractivity contribution in [2.45, 2.75) is 13.0 Å². The van der Waals surface area contributed by atoms with E-state index < -0.39 is 0 Å². The van der Waals surface area contributed by atoms with Gasteiger partial charge in [0.1, 0.15) is 0 Å². The van der Waals surface area contributed by atoms with Crippen molar-refractivity contribution < 1.29 is 9.47 Å². The minimum absolute atomic E-state index is 0.562. The molecule has 7 heteroatoms. The summed E-state index contributed by atoms with van der Waals surface area (Å²) in [5, 5.41) is 11.7. The molecule has 19 heavy (non-hydrogen) atoms. The summed E-state index contributed by atoms with van der Waals surface area (Å²) < 4.78 is 12.1. The van der Waals surface area contributed by atoms with Crippen molar-refractivity contribution in [3.8, 4) is 17.1 Å². The monoisotopic (exact) mass is 263 g/mol. The molecule has 0 aliphatic carbocycles. The van der Waals surface area contributed by atoms with Crippen molar-refractivity contribution in [1.82, 2.24) is 20.2 Å². The molecule has 102 valence electrons. The van der Waals surface area contributed by atoms with Gasteiger partial charge in [0.05, 0.1) is 18.4 Å². The highest BCUT2D eigenvalue weighted by atomic mass is 16.5. The molecule has 0 aliphatic rings. The van der Waals surface area contributed by atoms with E-state index in [9.17, 15) is 0 Å². The first-order valence-electron chi connectivity index (χ1n) is 5.96. The number of rotatable bonds is 6. The lowest BCUT2D eigenvalue weighted by molar-refractivity contribution is 0.189. The topological polar surface area (TPSA) is 88.1 Å². The predicted molar refractivity (Wildman–Crippen MR) is 70.7 cm³/mol. The standard InChI is InChI=1S/C12H17N5O2/c1-18-8-4-7-17-12(14-15-16-17)9-5-3-6-10(13)11(9)19-2/h3,5-6H,4,7-8,13H2,1-2H3. The Labute approximate surface area is 111 Å². The van der Waals surface area contributed by atoms with E-state index in [1.54, 1.807) is 25.0 Å². The number of ether oxygens (including phenoxy) is 2. The second-order valence-corrected chi connectivity index (χ2v) is 4.00. The predicted octanol–water partition coefficient (Wildman–Crippen LogP) is 0.967. The zero-order valence-corrected chi connectivity index (χ0v) is 11.0. The van der Waals surface area contributed by atoms with E-state index in [2.05, 4.69) is 15.5 Å². The van der Waals surface area contributed by atoms with Gasteiger partial charge in [-0.15, -0.1) is 5.10 Å². The number of para-hydroxylation sites is 1. The Bertz CT molecular complexity index is 541. The summed E-state index contributed by atoms with van der Waals surface area (Å²) >= 11 is 0. The molecule has 2 N–H and O–H groups in total. The average molecular weight is 263 g/mol. The van der Waals surface area contributed by atoms with Crippen LogP contribution in [0.4, 0.5) is 5.69 Å². The summed E-state index contributed by atoms with van der Waals surface area (Å²) in [6.07, 6.45) is 0.833. The van der Waals surface area contributed by atoms with E-state index in [1.165, 1.54) is 0 Å². The highest BCUT2D eigenvalue weighted by Gasteiger charge is 2.15. The molecule has 0 spiro atoms. The molecule has 2 rings (SSSR count). The molecule has 0 saturated carbocycles. The first-order chi connectivity index (χ1) is 9.27. The molecule has 0 unspecified atom stereocenters. The third-order valence-electron chi connectivity index (χ3n) is 2.74. The van der Waals surface area contributed by atoms with E-state index in [1.807, 2.05) is 12.1 Å². The van der Waals surface area contributed by atoms with E-state index in [4.69, 9.17) is 15.2 Å². The molecule has 0 amide bonds. The van der Waals surface area contributed by atoms with Crippen LogP contribution in [0.2, 0.25) is 0 Å². The maximum absolute atomic E-state index is 5.89. The van der Waals surface area contributed by atoms with Gasteiger partial charge in [-0.3, -0.25) is 0 Å². The summed E-state index contributed by atoms with van der Waals surface area (Å²) in [4.78, 5) is 0. The molecule has 2 aromatic rings. The van der Waals surface area contributed by atoms with Crippen LogP contribution in [0.15, 0.2) is 18.2 Å². The number of aromatic nitrogens is 4. The third kappa shape index (κ3) is 2.82. The molecule has 7 nitrogen and oxygen atoms in total. The lowest BCUT2D eigenvalue weighted by atomic mass is 10.1. The fourth-order valence-corrected chi connectivity index (χ4v) is 1.87. The Hall–Kier alpha value is -2.15. The van der Waals surface area contributed by atoms with Crippen LogP contribution in [0.1, 0.15) is 6.42 Å². The third-order valence-corrected chi connectivity index (χ3v) is 2.74. The van der Waals surface area contributed by atoms with Gasteiger partial charge in [0.25, 0.3) is 0 Å². The van der Waals surface area contributed by atoms with Crippen molar-refractivity contribution in [3.63, 3.8) is 0 Å². The number of benzene rings is 1. The number of anilines is 1. The number of aryl methyl sites for hydroxylation is 1. The molecule has 0 aliphatic heterocycles. The molecular formula is C12H17N5O2. The summed E-state index contributed by atoms with van der Waals surface area (Å²) in [6, 6.07) is 5.51. The van der Waals surface area contributed by atoms with Gasteiger partial charge in [0, 0.05) is 20.3 Å². The fourth-order valence-electron chi connectivity index (χ4n) is 1.87. The zero-order valence-electron chi connectivity index (χ0n) is 11.0. The van der Waals surface area contributed by atoms with Gasteiger partial charge in [-0.2, -0.15) is 0 Å². The van der Waals surface area contributed by atoms with Gasteiger partial charge in [-0.1, -0.05) is 6.07 Å². The second kappa shape index (κ2) is 6.14. The Balaban J connectivity index is 2.32. The highest BCUT2D eigenvalue weighted by Crippen LogP contribution is 2.33. The average Bonchev–Trinajstić information content (AvgIpc) is 2.87. The number of methoxy groups -OCH3 is 2. The van der Waals surface area contributed by atoms with Crippen molar-refractivity contribution in [3.05, 3.63) is 18.2 Å². The van der Waals surface area contributed by atoms with Crippen LogP contribution in [0.25, 0.3) is 11.4 Å². The lowest BCUT2D eigenvalue weighted by Crippen LogP contribution is -2.06. The Morgan fingerprint density at radius 3 is 2.89 bits per heavy atom. The quantitative estimate of drug-likeness (QED) is 0.617. The van der Waals surface area contributed by atoms with Crippen LogP contribution >= 0.6 is 0 Å². The molecule has 1 aromatic carbocycles. The van der Waals surface area contributed by atoms with E-state index in [-0.39, 0.29) is 0 Å². The molecule has 1 heterocycles. The molecular weight excluding hydrogens is 246 g/mol. The van der Waals surface area contributed by atoms with Gasteiger partial charge < -0.3 is 15.2 Å². The largest absolute Gasteiger partial charge is 0.494 e. The van der Waals surface area contributed by atoms with Crippen molar-refractivity contribution in [1.29, 1.82) is 0 Å². The van der Waals surface area contributed by atoms with Crippen molar-refractivity contribution in [2.75, 3.05) is 26.6 Å². The fraction of sp³-hybridized carbons (Fsp3) is 0.417. The number of hydrogen-bond acceptors (Lipinski definition) is 6. The second-order valence-electron chi connectivity index (χ2n) is 4.00. The first-order valence-corrected chi connectivity index (χ1v) is 5.96. The SMILES string of the molecule is COCCCn1nnnc1-c1cccc(N)c1OC. The molecule has 0 fully saturated rings. The van der Waals surface area contributed by atoms with Crippen LogP contribution in [-0.2, 0) is 11.3 Å². The molecule has 0 atom stereocenters. The van der Waals surface area contributed by atoms with Crippen molar-refractivity contribution in [2.24, 2.45) is 0 Å². The van der Waals surface area contributed by atoms with Gasteiger partial charge in [-0.25, -0.2) is 4.68 Å². The highest BCUT2D eigenvalue weighted by molar-refractivity contribution is 5.73. The van der Waals surface area contributed by atoms with E-state index >= 15 is 0 Å². The van der Waals surface area contributed by atoms with Crippen LogP contribution in [-0.4, -0.2) is 41.0 Å². The van der Waals surface area contributed by atoms with Crippen LogP contribution in [0, 0.1) is 0 Å². The maximum atomic E-state index is 5.89. The lowest BCUT2D eigenvalue weighted by Gasteiger charge is -2.10. The summed E-state index contributed by atoms with van der Waals surface area (Å²) in [7, 11) is 3.25. The van der Waals surface area contributed by atoms with Gasteiger partial charge >= 0.3 is 0 Å². The van der Waals surface area contributed by atoms with Gasteiger partial charge in [0.15, 0.2) is 11.6 Å². The number of hydrogen-bond donors (Lipinski definition) is 1. The maximum Gasteiger partial charge on any atom is 0.185 e. The summed E-state index contributed by atoms with van der Waals surface area (Å²) in [5.41, 5.74) is 7.23. The Morgan fingerprint density at radius 1 is 1.32 bits per heavy atom. The number of tetrazole rings is 1. The molecule has 0 bridgehead atoms. The van der Waals surface area contributed by atoms with Crippen LogP contribution in [0.5, 0.6) is 5.75 Å². The minimum Gasteiger partial charge on any atom is -0.494 e. The van der Waals surface area contributed by atoms with E-state index in [0.717, 1.165) is 12.0 Å². The van der Waals surface area contributed by atoms with E-state index in [0.29, 0.717) is 30.4 Å². The van der Waals surface area contributed by atoms with Gasteiger partial charge in [-0.05, 0) is 29.0 Å².